The van der Waals surface area contributed by atoms with E-state index in [1.807, 2.05) is 48.5 Å². The zero-order valence-electron chi connectivity index (χ0n) is 10.4. The van der Waals surface area contributed by atoms with Crippen molar-refractivity contribution in [3.63, 3.8) is 0 Å². The third-order valence-corrected chi connectivity index (χ3v) is 3.25. The zero-order chi connectivity index (χ0) is 13.9. The third-order valence-electron chi connectivity index (χ3n) is 2.72. The Morgan fingerprint density at radius 3 is 2.55 bits per heavy atom. The lowest BCUT2D eigenvalue weighted by Gasteiger charge is -2.05. The van der Waals surface area contributed by atoms with E-state index in [-0.39, 0.29) is 6.03 Å². The Labute approximate surface area is 123 Å². The van der Waals surface area contributed by atoms with Crippen LogP contribution in [0.15, 0.2) is 53.0 Å². The van der Waals surface area contributed by atoms with E-state index in [1.54, 1.807) is 0 Å². The standard InChI is InChI=1S/C14H11BrN4O/c15-9-5-7-10(8-6-9)16-14(20)19-13-17-11-3-1-2-4-12(11)18-13/h1-8H,(H3,16,17,18,19,20). The van der Waals surface area contributed by atoms with Crippen molar-refractivity contribution in [2.75, 3.05) is 10.6 Å². The first-order chi connectivity index (χ1) is 9.70. The van der Waals surface area contributed by atoms with Crippen molar-refractivity contribution in [2.45, 2.75) is 0 Å². The fraction of sp³-hybridized carbons (Fsp3) is 0. The van der Waals surface area contributed by atoms with Crippen LogP contribution in [0.4, 0.5) is 16.4 Å². The number of benzene rings is 2. The molecule has 100 valence electrons. The first-order valence-corrected chi connectivity index (χ1v) is 6.78. The number of aromatic amines is 1. The number of para-hydroxylation sites is 2. The monoisotopic (exact) mass is 330 g/mol. The SMILES string of the molecule is O=C(Nc1ccc(Br)cc1)Nc1nc2ccccc2[nH]1. The van der Waals surface area contributed by atoms with Crippen LogP contribution < -0.4 is 10.6 Å². The smallest absolute Gasteiger partial charge is 0.324 e. The van der Waals surface area contributed by atoms with Gasteiger partial charge in [-0.15, -0.1) is 0 Å². The van der Waals surface area contributed by atoms with E-state index in [2.05, 4.69) is 36.5 Å². The second kappa shape index (κ2) is 5.34. The Kier molecular flexibility index (Phi) is 3.39. The number of aromatic nitrogens is 2. The Balaban J connectivity index is 1.70. The van der Waals surface area contributed by atoms with Crippen LogP contribution in [-0.2, 0) is 0 Å². The molecule has 0 saturated carbocycles. The normalized spacial score (nSPS) is 10.4. The van der Waals surface area contributed by atoms with Gasteiger partial charge in [-0.05, 0) is 36.4 Å². The fourth-order valence-electron chi connectivity index (χ4n) is 1.82. The number of hydrogen-bond donors (Lipinski definition) is 3. The average molecular weight is 331 g/mol. The van der Waals surface area contributed by atoms with Crippen molar-refractivity contribution in [1.29, 1.82) is 0 Å². The van der Waals surface area contributed by atoms with Crippen molar-refractivity contribution >= 4 is 44.6 Å². The number of H-pyrrole nitrogens is 1. The van der Waals surface area contributed by atoms with E-state index in [9.17, 15) is 4.79 Å². The lowest BCUT2D eigenvalue weighted by atomic mass is 10.3. The highest BCUT2D eigenvalue weighted by molar-refractivity contribution is 9.10. The van der Waals surface area contributed by atoms with Crippen LogP contribution >= 0.6 is 15.9 Å². The first-order valence-electron chi connectivity index (χ1n) is 5.99. The Morgan fingerprint density at radius 1 is 1.05 bits per heavy atom. The molecule has 3 aromatic rings. The summed E-state index contributed by atoms with van der Waals surface area (Å²) in [7, 11) is 0. The molecule has 0 aliphatic rings. The molecule has 0 radical (unpaired) electrons. The molecule has 0 unspecified atom stereocenters. The summed E-state index contributed by atoms with van der Waals surface area (Å²) >= 11 is 3.34. The quantitative estimate of drug-likeness (QED) is 0.665. The summed E-state index contributed by atoms with van der Waals surface area (Å²) < 4.78 is 0.959. The maximum atomic E-state index is 11.8. The van der Waals surface area contributed by atoms with Gasteiger partial charge in [-0.2, -0.15) is 0 Å². The number of urea groups is 1. The maximum absolute atomic E-state index is 11.8. The van der Waals surface area contributed by atoms with Crippen molar-refractivity contribution in [1.82, 2.24) is 9.97 Å². The summed E-state index contributed by atoms with van der Waals surface area (Å²) in [4.78, 5) is 19.2. The molecular formula is C14H11BrN4O. The van der Waals surface area contributed by atoms with E-state index < -0.39 is 0 Å². The summed E-state index contributed by atoms with van der Waals surface area (Å²) in [6.07, 6.45) is 0. The van der Waals surface area contributed by atoms with Crippen LogP contribution in [0, 0.1) is 0 Å². The summed E-state index contributed by atoms with van der Waals surface area (Å²) in [5.41, 5.74) is 2.40. The van der Waals surface area contributed by atoms with Gasteiger partial charge in [0, 0.05) is 10.2 Å². The number of fused-ring (bicyclic) bond motifs is 1. The molecule has 0 bridgehead atoms. The molecule has 20 heavy (non-hydrogen) atoms. The molecule has 1 heterocycles. The molecule has 0 atom stereocenters. The van der Waals surface area contributed by atoms with Crippen LogP contribution in [0.25, 0.3) is 11.0 Å². The van der Waals surface area contributed by atoms with Gasteiger partial charge in [0.25, 0.3) is 0 Å². The first kappa shape index (κ1) is 12.7. The van der Waals surface area contributed by atoms with Crippen LogP contribution in [0.2, 0.25) is 0 Å². The summed E-state index contributed by atoms with van der Waals surface area (Å²) in [6, 6.07) is 14.6. The molecule has 2 aromatic carbocycles. The second-order valence-electron chi connectivity index (χ2n) is 4.19. The zero-order valence-corrected chi connectivity index (χ0v) is 11.9. The molecule has 0 fully saturated rings. The van der Waals surface area contributed by atoms with E-state index >= 15 is 0 Å². The predicted octanol–water partition coefficient (Wildman–Crippen LogP) is 3.97. The molecule has 5 nitrogen and oxygen atoms in total. The highest BCUT2D eigenvalue weighted by Crippen LogP contribution is 2.15. The van der Waals surface area contributed by atoms with E-state index in [4.69, 9.17) is 0 Å². The summed E-state index contributed by atoms with van der Waals surface area (Å²) in [5, 5.41) is 5.40. The molecule has 0 saturated heterocycles. The molecule has 2 amide bonds. The summed E-state index contributed by atoms with van der Waals surface area (Å²) in [6.45, 7) is 0. The van der Waals surface area contributed by atoms with Gasteiger partial charge in [0.2, 0.25) is 5.95 Å². The number of carbonyl (C=O) groups excluding carboxylic acids is 1. The number of halogens is 1. The summed E-state index contributed by atoms with van der Waals surface area (Å²) in [5.74, 6) is 0.417. The van der Waals surface area contributed by atoms with Crippen molar-refractivity contribution in [2.24, 2.45) is 0 Å². The Bertz CT molecular complexity index is 718. The third kappa shape index (κ3) is 2.80. The van der Waals surface area contributed by atoms with E-state index in [0.717, 1.165) is 15.5 Å². The number of anilines is 2. The minimum absolute atomic E-state index is 0.341. The number of hydrogen-bond acceptors (Lipinski definition) is 2. The van der Waals surface area contributed by atoms with Gasteiger partial charge >= 0.3 is 6.03 Å². The molecular weight excluding hydrogens is 320 g/mol. The highest BCUT2D eigenvalue weighted by Gasteiger charge is 2.06. The van der Waals surface area contributed by atoms with Crippen LogP contribution in [-0.4, -0.2) is 16.0 Å². The molecule has 6 heteroatoms. The average Bonchev–Trinajstić information content (AvgIpc) is 2.83. The van der Waals surface area contributed by atoms with Crippen LogP contribution in [0.1, 0.15) is 0 Å². The van der Waals surface area contributed by atoms with Gasteiger partial charge in [0.05, 0.1) is 11.0 Å². The fourth-order valence-corrected chi connectivity index (χ4v) is 2.08. The molecule has 0 spiro atoms. The largest absolute Gasteiger partial charge is 0.326 e. The van der Waals surface area contributed by atoms with Gasteiger partial charge in [0.15, 0.2) is 0 Å². The molecule has 1 aromatic heterocycles. The van der Waals surface area contributed by atoms with E-state index in [0.29, 0.717) is 11.6 Å². The number of imidazole rings is 1. The number of nitrogens with one attached hydrogen (secondary N) is 3. The highest BCUT2D eigenvalue weighted by atomic mass is 79.9. The molecule has 3 N–H and O–H groups in total. The lowest BCUT2D eigenvalue weighted by molar-refractivity contribution is 0.262. The maximum Gasteiger partial charge on any atom is 0.326 e. The predicted molar refractivity (Wildman–Crippen MR) is 82.9 cm³/mol. The van der Waals surface area contributed by atoms with Crippen molar-refractivity contribution in [3.05, 3.63) is 53.0 Å². The Morgan fingerprint density at radius 2 is 1.80 bits per heavy atom. The van der Waals surface area contributed by atoms with Crippen molar-refractivity contribution in [3.8, 4) is 0 Å². The van der Waals surface area contributed by atoms with Crippen LogP contribution in [0.3, 0.4) is 0 Å². The molecule has 0 aliphatic heterocycles. The number of nitrogens with zero attached hydrogens (tertiary/aromatic N) is 1. The van der Waals surface area contributed by atoms with Gasteiger partial charge in [-0.25, -0.2) is 9.78 Å². The minimum Gasteiger partial charge on any atom is -0.324 e. The van der Waals surface area contributed by atoms with Gasteiger partial charge < -0.3 is 10.3 Å². The molecule has 3 rings (SSSR count). The number of amides is 2. The number of carbonyl (C=O) groups is 1. The topological polar surface area (TPSA) is 69.8 Å². The van der Waals surface area contributed by atoms with Gasteiger partial charge in [-0.3, -0.25) is 5.32 Å². The van der Waals surface area contributed by atoms with Crippen LogP contribution in [0.5, 0.6) is 0 Å². The van der Waals surface area contributed by atoms with Gasteiger partial charge in [0.1, 0.15) is 0 Å². The van der Waals surface area contributed by atoms with Crippen molar-refractivity contribution < 1.29 is 4.79 Å². The molecule has 0 aliphatic carbocycles. The lowest BCUT2D eigenvalue weighted by Crippen LogP contribution is -2.20. The number of rotatable bonds is 2. The second-order valence-corrected chi connectivity index (χ2v) is 5.10. The Hall–Kier alpha value is -2.34. The van der Waals surface area contributed by atoms with E-state index in [1.165, 1.54) is 0 Å². The minimum atomic E-state index is -0.341. The van der Waals surface area contributed by atoms with Gasteiger partial charge in [-0.1, -0.05) is 28.1 Å².